The predicted molar refractivity (Wildman–Crippen MR) is 69.6 cm³/mol. The van der Waals surface area contributed by atoms with Gasteiger partial charge in [0.2, 0.25) is 0 Å². The molecule has 0 aromatic carbocycles. The highest BCUT2D eigenvalue weighted by Crippen LogP contribution is 2.27. The fourth-order valence-corrected chi connectivity index (χ4v) is 1.60. The molecule has 1 unspecified atom stereocenters. The van der Waals surface area contributed by atoms with Crippen LogP contribution in [0.3, 0.4) is 0 Å². The average Bonchev–Trinajstić information content (AvgIpc) is 2.15. The van der Waals surface area contributed by atoms with Crippen molar-refractivity contribution in [2.45, 2.75) is 58.3 Å². The minimum Gasteiger partial charge on any atom is -0.423 e. The van der Waals surface area contributed by atoms with Crippen LogP contribution < -0.4 is 5.32 Å². The molecular formula is C12H24BNO3. The standard InChI is InChI=1S/C12H24BNO3/c1-9-8-10(6-7-14-9)13(16)17-12(4,5)11(2,3)15/h6,9,14-16H,7-8H2,1-5H3. The van der Waals surface area contributed by atoms with E-state index in [1.165, 1.54) is 0 Å². The van der Waals surface area contributed by atoms with Crippen molar-refractivity contribution in [1.82, 2.24) is 5.32 Å². The van der Waals surface area contributed by atoms with Gasteiger partial charge < -0.3 is 20.1 Å². The fourth-order valence-electron chi connectivity index (χ4n) is 1.60. The summed E-state index contributed by atoms with van der Waals surface area (Å²) in [7, 11) is -0.944. The summed E-state index contributed by atoms with van der Waals surface area (Å²) in [5.74, 6) is 0. The topological polar surface area (TPSA) is 61.7 Å². The first-order chi connectivity index (χ1) is 7.63. The normalized spacial score (nSPS) is 22.3. The van der Waals surface area contributed by atoms with Gasteiger partial charge in [0.15, 0.2) is 0 Å². The molecule has 0 aliphatic carbocycles. The summed E-state index contributed by atoms with van der Waals surface area (Å²) in [6, 6.07) is 0.346. The number of hydrogen-bond donors (Lipinski definition) is 3. The van der Waals surface area contributed by atoms with Crippen molar-refractivity contribution in [3.05, 3.63) is 11.5 Å². The molecule has 1 aliphatic heterocycles. The van der Waals surface area contributed by atoms with Crippen LogP contribution in [0.1, 0.15) is 41.0 Å². The third-order valence-corrected chi connectivity index (χ3v) is 3.57. The molecule has 0 radical (unpaired) electrons. The van der Waals surface area contributed by atoms with Crippen molar-refractivity contribution in [2.24, 2.45) is 0 Å². The second-order valence-electron chi connectivity index (χ2n) is 5.83. The monoisotopic (exact) mass is 241 g/mol. The van der Waals surface area contributed by atoms with Crippen LogP contribution in [0.4, 0.5) is 0 Å². The van der Waals surface area contributed by atoms with Crippen LogP contribution in [0.5, 0.6) is 0 Å². The molecule has 1 heterocycles. The van der Waals surface area contributed by atoms with Crippen molar-refractivity contribution in [1.29, 1.82) is 0 Å². The van der Waals surface area contributed by atoms with E-state index >= 15 is 0 Å². The zero-order valence-electron chi connectivity index (χ0n) is 11.4. The van der Waals surface area contributed by atoms with E-state index in [1.54, 1.807) is 27.7 Å². The Hall–Kier alpha value is -0.355. The van der Waals surface area contributed by atoms with Gasteiger partial charge in [-0.2, -0.15) is 0 Å². The molecule has 3 N–H and O–H groups in total. The lowest BCUT2D eigenvalue weighted by Gasteiger charge is -2.39. The Labute approximate surface area is 104 Å². The third kappa shape index (κ3) is 3.81. The third-order valence-electron chi connectivity index (χ3n) is 3.57. The molecule has 0 spiro atoms. The molecule has 0 saturated carbocycles. The van der Waals surface area contributed by atoms with Gasteiger partial charge in [-0.25, -0.2) is 0 Å². The van der Waals surface area contributed by atoms with Crippen LogP contribution in [-0.4, -0.2) is 41.0 Å². The summed E-state index contributed by atoms with van der Waals surface area (Å²) in [6.45, 7) is 9.74. The molecule has 0 bridgehead atoms. The van der Waals surface area contributed by atoms with Crippen LogP contribution in [-0.2, 0) is 4.65 Å². The number of nitrogens with one attached hydrogen (secondary N) is 1. The molecule has 1 atom stereocenters. The number of aliphatic hydroxyl groups is 1. The second-order valence-corrected chi connectivity index (χ2v) is 5.83. The van der Waals surface area contributed by atoms with Gasteiger partial charge in [-0.15, -0.1) is 0 Å². The van der Waals surface area contributed by atoms with Crippen molar-refractivity contribution >= 4 is 7.12 Å². The zero-order chi connectivity index (χ0) is 13.3. The van der Waals surface area contributed by atoms with Gasteiger partial charge in [-0.1, -0.05) is 6.08 Å². The van der Waals surface area contributed by atoms with E-state index in [1.807, 2.05) is 6.08 Å². The summed E-state index contributed by atoms with van der Waals surface area (Å²) in [4.78, 5) is 0. The molecule has 0 aromatic heterocycles. The van der Waals surface area contributed by atoms with Crippen molar-refractivity contribution in [2.75, 3.05) is 6.54 Å². The summed E-state index contributed by atoms with van der Waals surface area (Å²) in [6.07, 6.45) is 2.72. The number of hydrogen-bond acceptors (Lipinski definition) is 4. The summed E-state index contributed by atoms with van der Waals surface area (Å²) in [5, 5.41) is 23.3. The van der Waals surface area contributed by atoms with Crippen LogP contribution >= 0.6 is 0 Å². The van der Waals surface area contributed by atoms with E-state index in [2.05, 4.69) is 12.2 Å². The Bertz CT molecular complexity index is 297. The van der Waals surface area contributed by atoms with E-state index < -0.39 is 18.3 Å². The van der Waals surface area contributed by atoms with Gasteiger partial charge in [0.25, 0.3) is 0 Å². The largest absolute Gasteiger partial charge is 0.487 e. The molecule has 0 aromatic rings. The lowest BCUT2D eigenvalue weighted by Crippen LogP contribution is -2.51. The summed E-state index contributed by atoms with van der Waals surface area (Å²) >= 11 is 0. The van der Waals surface area contributed by atoms with Gasteiger partial charge in [-0.05, 0) is 46.5 Å². The lowest BCUT2D eigenvalue weighted by atomic mass is 9.72. The van der Waals surface area contributed by atoms with Crippen molar-refractivity contribution in [3.63, 3.8) is 0 Å². The minimum atomic E-state index is -1.01. The van der Waals surface area contributed by atoms with Crippen LogP contribution in [0.25, 0.3) is 0 Å². The van der Waals surface area contributed by atoms with Crippen LogP contribution in [0, 0.1) is 0 Å². The van der Waals surface area contributed by atoms with Crippen molar-refractivity contribution in [3.8, 4) is 0 Å². The first kappa shape index (κ1) is 14.7. The Morgan fingerprint density at radius 2 is 2.00 bits per heavy atom. The van der Waals surface area contributed by atoms with E-state index in [9.17, 15) is 10.1 Å². The number of rotatable bonds is 4. The maximum atomic E-state index is 10.1. The first-order valence-corrected chi connectivity index (χ1v) is 6.14. The van der Waals surface area contributed by atoms with Gasteiger partial charge >= 0.3 is 7.12 Å². The zero-order valence-corrected chi connectivity index (χ0v) is 11.4. The molecule has 17 heavy (non-hydrogen) atoms. The molecule has 4 nitrogen and oxygen atoms in total. The van der Waals surface area contributed by atoms with Crippen LogP contribution in [0.2, 0.25) is 0 Å². The Morgan fingerprint density at radius 3 is 2.47 bits per heavy atom. The maximum Gasteiger partial charge on any atom is 0.487 e. The van der Waals surface area contributed by atoms with Gasteiger partial charge in [0.05, 0.1) is 11.2 Å². The Kier molecular flexibility index (Phi) is 4.41. The summed E-state index contributed by atoms with van der Waals surface area (Å²) < 4.78 is 5.60. The highest BCUT2D eigenvalue weighted by Gasteiger charge is 2.40. The molecule has 1 rings (SSSR count). The molecule has 5 heteroatoms. The Morgan fingerprint density at radius 1 is 1.41 bits per heavy atom. The van der Waals surface area contributed by atoms with Gasteiger partial charge in [0, 0.05) is 12.6 Å². The van der Waals surface area contributed by atoms with E-state index in [0.717, 1.165) is 18.4 Å². The van der Waals surface area contributed by atoms with E-state index in [4.69, 9.17) is 4.65 Å². The predicted octanol–water partition coefficient (Wildman–Crippen LogP) is 0.880. The molecule has 0 saturated heterocycles. The average molecular weight is 241 g/mol. The Balaban J connectivity index is 2.66. The highest BCUT2D eigenvalue weighted by atomic mass is 16.5. The first-order valence-electron chi connectivity index (χ1n) is 6.14. The summed E-state index contributed by atoms with van der Waals surface area (Å²) in [5.41, 5.74) is -0.928. The lowest BCUT2D eigenvalue weighted by molar-refractivity contribution is -0.0990. The molecule has 98 valence electrons. The quantitative estimate of drug-likeness (QED) is 0.639. The van der Waals surface area contributed by atoms with Crippen LogP contribution in [0.15, 0.2) is 11.5 Å². The smallest absolute Gasteiger partial charge is 0.423 e. The highest BCUT2D eigenvalue weighted by molar-refractivity contribution is 6.52. The van der Waals surface area contributed by atoms with Crippen molar-refractivity contribution < 1.29 is 14.8 Å². The maximum absolute atomic E-state index is 10.1. The van der Waals surface area contributed by atoms with Gasteiger partial charge in [0.1, 0.15) is 0 Å². The minimum absolute atomic E-state index is 0.346. The second kappa shape index (κ2) is 5.10. The van der Waals surface area contributed by atoms with E-state index in [0.29, 0.717) is 6.04 Å². The molecular weight excluding hydrogens is 217 g/mol. The molecule has 0 fully saturated rings. The molecule has 0 amide bonds. The SMILES string of the molecule is CC1CC(B(O)OC(C)(C)C(C)(C)O)=CCN1. The van der Waals surface area contributed by atoms with Gasteiger partial charge in [-0.3, -0.25) is 0 Å². The molecule has 1 aliphatic rings. The van der Waals surface area contributed by atoms with E-state index in [-0.39, 0.29) is 0 Å². The fraction of sp³-hybridized carbons (Fsp3) is 0.833.